The van der Waals surface area contributed by atoms with E-state index >= 15 is 0 Å². The maximum absolute atomic E-state index is 14.3. The van der Waals surface area contributed by atoms with Crippen LogP contribution in [0.25, 0.3) is 5.57 Å². The number of hydrogen-bond donors (Lipinski definition) is 1. The summed E-state index contributed by atoms with van der Waals surface area (Å²) < 4.78 is 14.3. The van der Waals surface area contributed by atoms with Crippen molar-refractivity contribution in [2.24, 2.45) is 4.99 Å². The number of halogens is 1. The Labute approximate surface area is 212 Å². The van der Waals surface area contributed by atoms with Gasteiger partial charge in [-0.15, -0.1) is 0 Å². The van der Waals surface area contributed by atoms with E-state index in [-0.39, 0.29) is 17.0 Å². The molecule has 0 unspecified atom stereocenters. The number of aliphatic imine (C=N–C) groups is 1. The van der Waals surface area contributed by atoms with Gasteiger partial charge in [-0.2, -0.15) is 0 Å². The second-order valence-electron chi connectivity index (χ2n) is 10.5. The Morgan fingerprint density at radius 1 is 1.22 bits per heavy atom. The molecule has 5 heteroatoms. The number of Topliss-reactive ketones (excluding diaryl/α,β-unsaturated/α-hetero) is 1. The van der Waals surface area contributed by atoms with E-state index < -0.39 is 6.10 Å². The van der Waals surface area contributed by atoms with Gasteiger partial charge in [0, 0.05) is 37.3 Å². The van der Waals surface area contributed by atoms with Crippen LogP contribution in [0.4, 0.5) is 4.39 Å². The molecule has 2 aromatic carbocycles. The fourth-order valence-corrected chi connectivity index (χ4v) is 5.38. The molecule has 36 heavy (non-hydrogen) atoms. The number of fused-ring (bicyclic) bond motifs is 2. The minimum Gasteiger partial charge on any atom is -0.393 e. The normalized spacial score (nSPS) is 19.6. The van der Waals surface area contributed by atoms with Gasteiger partial charge in [0.1, 0.15) is 11.7 Å². The molecule has 1 atom stereocenters. The Morgan fingerprint density at radius 2 is 2.00 bits per heavy atom. The smallest absolute Gasteiger partial charge is 0.188 e. The molecular weight excluding hydrogens is 451 g/mol. The molecule has 2 aliphatic carbocycles. The van der Waals surface area contributed by atoms with E-state index in [0.717, 1.165) is 36.2 Å². The second kappa shape index (κ2) is 9.62. The van der Waals surface area contributed by atoms with Crippen molar-refractivity contribution in [2.75, 3.05) is 13.6 Å². The first-order valence-corrected chi connectivity index (χ1v) is 12.7. The van der Waals surface area contributed by atoms with Gasteiger partial charge in [0.05, 0.1) is 6.10 Å². The first-order valence-electron chi connectivity index (χ1n) is 12.7. The number of aliphatic hydroxyl groups excluding tert-OH is 1. The van der Waals surface area contributed by atoms with Crippen molar-refractivity contribution in [1.82, 2.24) is 4.90 Å². The van der Waals surface area contributed by atoms with E-state index in [9.17, 15) is 14.3 Å². The van der Waals surface area contributed by atoms with Gasteiger partial charge in [-0.25, -0.2) is 9.38 Å². The molecule has 1 N–H and O–H groups in total. The van der Waals surface area contributed by atoms with Crippen molar-refractivity contribution in [3.05, 3.63) is 100 Å². The molecule has 1 spiro atoms. The number of carbonyl (C=O) groups is 1. The highest BCUT2D eigenvalue weighted by Crippen LogP contribution is 2.54. The predicted octanol–water partition coefficient (Wildman–Crippen LogP) is 6.01. The molecule has 2 aromatic rings. The van der Waals surface area contributed by atoms with E-state index in [1.807, 2.05) is 32.2 Å². The van der Waals surface area contributed by atoms with Crippen molar-refractivity contribution in [2.45, 2.75) is 57.5 Å². The number of ketones is 1. The summed E-state index contributed by atoms with van der Waals surface area (Å²) >= 11 is 0. The zero-order valence-electron chi connectivity index (χ0n) is 21.2. The lowest BCUT2D eigenvalue weighted by molar-refractivity contribution is 0.103. The van der Waals surface area contributed by atoms with Crippen molar-refractivity contribution in [1.29, 1.82) is 0 Å². The highest BCUT2D eigenvalue weighted by molar-refractivity contribution is 6.08. The molecule has 4 nitrogen and oxygen atoms in total. The molecule has 0 amide bonds. The summed E-state index contributed by atoms with van der Waals surface area (Å²) in [6, 6.07) is 13.0. The van der Waals surface area contributed by atoms with Gasteiger partial charge < -0.3 is 10.0 Å². The Bertz CT molecular complexity index is 1330. The maximum atomic E-state index is 14.3. The lowest BCUT2D eigenvalue weighted by atomic mass is 9.87. The molecule has 0 radical (unpaired) electrons. The van der Waals surface area contributed by atoms with Crippen LogP contribution in [0, 0.1) is 5.82 Å². The Balaban J connectivity index is 1.46. The summed E-state index contributed by atoms with van der Waals surface area (Å²) in [4.78, 5) is 20.0. The zero-order chi connectivity index (χ0) is 25.4. The monoisotopic (exact) mass is 484 g/mol. The van der Waals surface area contributed by atoms with Crippen LogP contribution in [0.15, 0.2) is 77.0 Å². The second-order valence-corrected chi connectivity index (χ2v) is 10.5. The number of aliphatic hydroxyl groups is 1. The number of rotatable bonds is 6. The highest BCUT2D eigenvalue weighted by atomic mass is 19.1. The Kier molecular flexibility index (Phi) is 6.52. The fourth-order valence-electron chi connectivity index (χ4n) is 5.38. The lowest BCUT2D eigenvalue weighted by Gasteiger charge is -2.27. The van der Waals surface area contributed by atoms with E-state index in [4.69, 9.17) is 4.99 Å². The largest absolute Gasteiger partial charge is 0.393 e. The van der Waals surface area contributed by atoms with Gasteiger partial charge in [-0.05, 0) is 84.9 Å². The van der Waals surface area contributed by atoms with E-state index in [0.29, 0.717) is 36.1 Å². The number of hydrogen-bond acceptors (Lipinski definition) is 4. The molecule has 1 fully saturated rings. The summed E-state index contributed by atoms with van der Waals surface area (Å²) in [6.07, 6.45) is 9.92. The van der Waals surface area contributed by atoms with Gasteiger partial charge in [0.15, 0.2) is 5.78 Å². The summed E-state index contributed by atoms with van der Waals surface area (Å²) in [7, 11) is 2.00. The van der Waals surface area contributed by atoms with Gasteiger partial charge in [0.25, 0.3) is 0 Å². The molecule has 1 aliphatic heterocycles. The summed E-state index contributed by atoms with van der Waals surface area (Å²) in [5, 5.41) is 9.58. The number of allylic oxidation sites excluding steroid dienone is 2. The van der Waals surface area contributed by atoms with Gasteiger partial charge in [-0.3, -0.25) is 4.79 Å². The van der Waals surface area contributed by atoms with Crippen LogP contribution in [0.3, 0.4) is 0 Å². The SMILES string of the molecule is C/C(=C\C[C@@H](C)O)C(=O)c1ccc2c(c1)CC(C1=NC=C(c3ccccc3F)CN1C)=CCC21CC1. The zero-order valence-corrected chi connectivity index (χ0v) is 21.2. The molecule has 1 heterocycles. The van der Waals surface area contributed by atoms with Crippen molar-refractivity contribution in [3.8, 4) is 0 Å². The Morgan fingerprint density at radius 3 is 2.69 bits per heavy atom. The van der Waals surface area contributed by atoms with Gasteiger partial charge in [-0.1, -0.05) is 42.5 Å². The van der Waals surface area contributed by atoms with Crippen LogP contribution in [-0.4, -0.2) is 41.3 Å². The quantitative estimate of drug-likeness (QED) is 0.403. The van der Waals surface area contributed by atoms with E-state index in [1.54, 1.807) is 25.3 Å². The third-order valence-electron chi connectivity index (χ3n) is 7.65. The van der Waals surface area contributed by atoms with Crippen molar-refractivity contribution < 1.29 is 14.3 Å². The lowest BCUT2D eigenvalue weighted by Crippen LogP contribution is -2.32. The molecule has 1 saturated carbocycles. The number of benzene rings is 2. The summed E-state index contributed by atoms with van der Waals surface area (Å²) in [5.74, 6) is 0.676. The molecule has 5 rings (SSSR count). The predicted molar refractivity (Wildman–Crippen MR) is 143 cm³/mol. The van der Waals surface area contributed by atoms with Crippen LogP contribution in [0.1, 0.15) is 66.6 Å². The first kappa shape index (κ1) is 24.4. The fraction of sp³-hybridized carbons (Fsp3) is 0.355. The summed E-state index contributed by atoms with van der Waals surface area (Å²) in [6.45, 7) is 4.12. The first-order chi connectivity index (χ1) is 17.3. The van der Waals surface area contributed by atoms with Gasteiger partial charge >= 0.3 is 0 Å². The molecule has 0 aromatic heterocycles. The third kappa shape index (κ3) is 4.72. The minimum absolute atomic E-state index is 0.00246. The number of carbonyl (C=O) groups excluding carboxylic acids is 1. The van der Waals surface area contributed by atoms with Crippen LogP contribution in [0.2, 0.25) is 0 Å². The number of likely N-dealkylation sites (N-methyl/N-ethyl adjacent to an activating group) is 1. The molecule has 0 saturated heterocycles. The van der Waals surface area contributed by atoms with Crippen molar-refractivity contribution in [3.63, 3.8) is 0 Å². The van der Waals surface area contributed by atoms with Crippen LogP contribution >= 0.6 is 0 Å². The van der Waals surface area contributed by atoms with Crippen molar-refractivity contribution >= 4 is 17.2 Å². The number of nitrogens with zero attached hydrogens (tertiary/aromatic N) is 2. The topological polar surface area (TPSA) is 52.9 Å². The van der Waals surface area contributed by atoms with Crippen LogP contribution in [-0.2, 0) is 11.8 Å². The average Bonchev–Trinajstić information content (AvgIpc) is 3.67. The maximum Gasteiger partial charge on any atom is 0.188 e. The molecular formula is C31H33FN2O2. The number of amidine groups is 1. The molecule has 3 aliphatic rings. The Hall–Kier alpha value is -3.31. The van der Waals surface area contributed by atoms with E-state index in [1.165, 1.54) is 17.2 Å². The average molecular weight is 485 g/mol. The van der Waals surface area contributed by atoms with Crippen LogP contribution < -0.4 is 0 Å². The summed E-state index contributed by atoms with van der Waals surface area (Å²) in [5.41, 5.74) is 6.64. The standard InChI is InChI=1S/C31H33FN2O2/c1-20(8-9-21(2)35)29(36)22-10-11-27-24(16-22)17-23(12-13-31(27)14-15-31)30-33-18-25(19-34(30)3)26-6-4-5-7-28(26)32/h4-8,10-12,16,18,21,35H,9,13-15,17,19H2,1-3H3/b20-8+/t21-/m1/s1. The minimum atomic E-state index is -0.469. The van der Waals surface area contributed by atoms with Crippen LogP contribution in [0.5, 0.6) is 0 Å². The molecule has 186 valence electrons. The molecule has 0 bridgehead atoms. The van der Waals surface area contributed by atoms with Gasteiger partial charge in [0.2, 0.25) is 0 Å². The van der Waals surface area contributed by atoms with E-state index in [2.05, 4.69) is 23.1 Å². The highest BCUT2D eigenvalue weighted by Gasteiger charge is 2.46. The third-order valence-corrected chi connectivity index (χ3v) is 7.65.